The highest BCUT2D eigenvalue weighted by Crippen LogP contribution is 2.34. The molecule has 0 aliphatic rings. The van der Waals surface area contributed by atoms with E-state index in [1.165, 1.54) is 11.3 Å². The Morgan fingerprint density at radius 1 is 1.12 bits per heavy atom. The number of carbonyl (C=O) groups excluding carboxylic acids is 2. The zero-order valence-corrected chi connectivity index (χ0v) is 14.7. The fraction of sp³-hybridized carbons (Fsp3) is 0.375. The number of carbonyl (C=O) groups is 2. The molecule has 0 atom stereocenters. The fourth-order valence-corrected chi connectivity index (χ4v) is 2.93. The molecule has 0 saturated carbocycles. The number of nitrogens with one attached hydrogen (secondary N) is 3. The first-order valence-corrected chi connectivity index (χ1v) is 8.46. The molecule has 0 spiro atoms. The molecule has 0 radical (unpaired) electrons. The van der Waals surface area contributed by atoms with Crippen molar-refractivity contribution in [2.24, 2.45) is 0 Å². The Balaban J connectivity index is 1.98. The first-order chi connectivity index (χ1) is 11.4. The number of anilines is 1. The Bertz CT molecular complexity index is 700. The van der Waals surface area contributed by atoms with Crippen LogP contribution < -0.4 is 16.0 Å². The smallest absolute Gasteiger partial charge is 0.321 e. The van der Waals surface area contributed by atoms with E-state index >= 15 is 0 Å². The molecule has 0 aliphatic heterocycles. The SMILES string of the molecule is CCNC(=O)CNC(=O)Nc1nnc(C(C)(C)c2ccccc2)s1. The van der Waals surface area contributed by atoms with Gasteiger partial charge in [0, 0.05) is 12.0 Å². The third kappa shape index (κ3) is 4.51. The highest BCUT2D eigenvalue weighted by molar-refractivity contribution is 7.15. The summed E-state index contributed by atoms with van der Waals surface area (Å²) in [4.78, 5) is 23.1. The van der Waals surface area contributed by atoms with Crippen molar-refractivity contribution in [3.8, 4) is 0 Å². The molecule has 7 nitrogen and oxygen atoms in total. The van der Waals surface area contributed by atoms with E-state index in [1.807, 2.05) is 37.3 Å². The predicted molar refractivity (Wildman–Crippen MR) is 94.2 cm³/mol. The van der Waals surface area contributed by atoms with Gasteiger partial charge in [0.05, 0.1) is 6.54 Å². The van der Waals surface area contributed by atoms with Gasteiger partial charge < -0.3 is 10.6 Å². The van der Waals surface area contributed by atoms with Crippen molar-refractivity contribution in [2.45, 2.75) is 26.2 Å². The van der Waals surface area contributed by atoms with Gasteiger partial charge in [-0.15, -0.1) is 10.2 Å². The Hall–Kier alpha value is -2.48. The minimum atomic E-state index is -0.485. The molecule has 2 aromatic rings. The van der Waals surface area contributed by atoms with Gasteiger partial charge in [-0.1, -0.05) is 41.7 Å². The summed E-state index contributed by atoms with van der Waals surface area (Å²) in [5.74, 6) is -0.240. The van der Waals surface area contributed by atoms with Gasteiger partial charge in [0.2, 0.25) is 11.0 Å². The molecule has 0 fully saturated rings. The van der Waals surface area contributed by atoms with Crippen molar-refractivity contribution in [3.63, 3.8) is 0 Å². The normalized spacial score (nSPS) is 11.0. The highest BCUT2D eigenvalue weighted by atomic mass is 32.1. The number of hydrogen-bond donors (Lipinski definition) is 3. The van der Waals surface area contributed by atoms with E-state index in [2.05, 4.69) is 40.0 Å². The lowest BCUT2D eigenvalue weighted by Gasteiger charge is -2.21. The van der Waals surface area contributed by atoms with E-state index in [1.54, 1.807) is 0 Å². The van der Waals surface area contributed by atoms with Crippen molar-refractivity contribution < 1.29 is 9.59 Å². The molecule has 3 amide bonds. The predicted octanol–water partition coefficient (Wildman–Crippen LogP) is 2.12. The Kier molecular flexibility index (Phi) is 5.86. The van der Waals surface area contributed by atoms with Gasteiger partial charge in [-0.05, 0) is 26.3 Å². The molecule has 8 heteroatoms. The molecule has 128 valence electrons. The molecule has 0 unspecified atom stereocenters. The standard InChI is InChI=1S/C16H21N5O2S/c1-4-17-12(22)10-18-14(23)19-15-21-20-13(24-15)16(2,3)11-8-6-5-7-9-11/h5-9H,4,10H2,1-3H3,(H,17,22)(H2,18,19,21,23). The van der Waals surface area contributed by atoms with Crippen molar-refractivity contribution in [1.82, 2.24) is 20.8 Å². The second kappa shape index (κ2) is 7.87. The Labute approximate surface area is 144 Å². The fourth-order valence-electron chi connectivity index (χ4n) is 2.07. The average molecular weight is 347 g/mol. The minimum Gasteiger partial charge on any atom is -0.355 e. The van der Waals surface area contributed by atoms with Crippen LogP contribution in [0.1, 0.15) is 31.3 Å². The van der Waals surface area contributed by atoms with E-state index < -0.39 is 6.03 Å². The van der Waals surface area contributed by atoms with E-state index in [0.29, 0.717) is 11.7 Å². The maximum atomic E-state index is 11.8. The van der Waals surface area contributed by atoms with Crippen LogP contribution in [0.3, 0.4) is 0 Å². The van der Waals surface area contributed by atoms with Crippen LogP contribution in [0.4, 0.5) is 9.93 Å². The van der Waals surface area contributed by atoms with Crippen LogP contribution in [-0.2, 0) is 10.2 Å². The third-order valence-corrected chi connectivity index (χ3v) is 4.62. The quantitative estimate of drug-likeness (QED) is 0.746. The first kappa shape index (κ1) is 17.9. The van der Waals surface area contributed by atoms with Crippen LogP contribution in [-0.4, -0.2) is 35.2 Å². The second-order valence-electron chi connectivity index (χ2n) is 5.66. The number of benzene rings is 1. The zero-order valence-electron chi connectivity index (χ0n) is 13.9. The Morgan fingerprint density at radius 3 is 2.50 bits per heavy atom. The zero-order chi connectivity index (χ0) is 17.6. The van der Waals surface area contributed by atoms with E-state index in [-0.39, 0.29) is 17.9 Å². The first-order valence-electron chi connectivity index (χ1n) is 7.64. The van der Waals surface area contributed by atoms with Crippen molar-refractivity contribution in [3.05, 3.63) is 40.9 Å². The summed E-state index contributed by atoms with van der Waals surface area (Å²) < 4.78 is 0. The van der Waals surface area contributed by atoms with Crippen LogP contribution in [0.2, 0.25) is 0 Å². The van der Waals surface area contributed by atoms with Crippen molar-refractivity contribution in [2.75, 3.05) is 18.4 Å². The molecule has 0 aliphatic carbocycles. The Morgan fingerprint density at radius 2 is 1.83 bits per heavy atom. The summed E-state index contributed by atoms with van der Waals surface area (Å²) in [6.07, 6.45) is 0. The largest absolute Gasteiger partial charge is 0.355 e. The van der Waals surface area contributed by atoms with E-state index in [9.17, 15) is 9.59 Å². The third-order valence-electron chi connectivity index (χ3n) is 3.46. The summed E-state index contributed by atoms with van der Waals surface area (Å²) in [7, 11) is 0. The molecule has 24 heavy (non-hydrogen) atoms. The molecular formula is C16H21N5O2S. The maximum Gasteiger partial charge on any atom is 0.321 e. The molecular weight excluding hydrogens is 326 g/mol. The van der Waals surface area contributed by atoms with Crippen LogP contribution >= 0.6 is 11.3 Å². The molecule has 0 bridgehead atoms. The summed E-state index contributed by atoms with van der Waals surface area (Å²) in [5.41, 5.74) is 0.810. The topological polar surface area (TPSA) is 96.0 Å². The van der Waals surface area contributed by atoms with Gasteiger partial charge in [0.25, 0.3) is 0 Å². The average Bonchev–Trinajstić information content (AvgIpc) is 3.03. The highest BCUT2D eigenvalue weighted by Gasteiger charge is 2.27. The van der Waals surface area contributed by atoms with Gasteiger partial charge in [-0.3, -0.25) is 10.1 Å². The summed E-state index contributed by atoms with van der Waals surface area (Å²) >= 11 is 1.31. The number of amides is 3. The van der Waals surface area contributed by atoms with Crippen LogP contribution in [0.25, 0.3) is 0 Å². The molecule has 1 aromatic carbocycles. The van der Waals surface area contributed by atoms with Crippen molar-refractivity contribution in [1.29, 1.82) is 0 Å². The summed E-state index contributed by atoms with van der Waals surface area (Å²) in [5, 5.41) is 17.1. The van der Waals surface area contributed by atoms with Crippen LogP contribution in [0.5, 0.6) is 0 Å². The minimum absolute atomic E-state index is 0.0825. The van der Waals surface area contributed by atoms with Crippen molar-refractivity contribution >= 4 is 28.4 Å². The molecule has 3 N–H and O–H groups in total. The molecule has 1 heterocycles. The van der Waals surface area contributed by atoms with Crippen LogP contribution in [0.15, 0.2) is 30.3 Å². The van der Waals surface area contributed by atoms with Gasteiger partial charge in [0.1, 0.15) is 5.01 Å². The number of hydrogen-bond acceptors (Lipinski definition) is 5. The second-order valence-corrected chi connectivity index (χ2v) is 6.64. The van der Waals surface area contributed by atoms with E-state index in [0.717, 1.165) is 10.6 Å². The number of urea groups is 1. The number of likely N-dealkylation sites (N-methyl/N-ethyl adjacent to an activating group) is 1. The number of aromatic nitrogens is 2. The molecule has 0 saturated heterocycles. The number of nitrogens with zero attached hydrogens (tertiary/aromatic N) is 2. The van der Waals surface area contributed by atoms with Crippen LogP contribution in [0, 0.1) is 0 Å². The van der Waals surface area contributed by atoms with Gasteiger partial charge in [-0.2, -0.15) is 0 Å². The monoisotopic (exact) mass is 347 g/mol. The molecule has 1 aromatic heterocycles. The number of rotatable bonds is 6. The lowest BCUT2D eigenvalue weighted by Crippen LogP contribution is -2.38. The molecule has 2 rings (SSSR count). The van der Waals surface area contributed by atoms with Gasteiger partial charge in [0.15, 0.2) is 0 Å². The van der Waals surface area contributed by atoms with Gasteiger partial charge in [-0.25, -0.2) is 4.79 Å². The van der Waals surface area contributed by atoms with E-state index in [4.69, 9.17) is 0 Å². The lowest BCUT2D eigenvalue weighted by atomic mass is 9.85. The van der Waals surface area contributed by atoms with Gasteiger partial charge >= 0.3 is 6.03 Å². The summed E-state index contributed by atoms with van der Waals surface area (Å²) in [6, 6.07) is 9.51. The summed E-state index contributed by atoms with van der Waals surface area (Å²) in [6.45, 7) is 6.37. The maximum absolute atomic E-state index is 11.8. The lowest BCUT2D eigenvalue weighted by molar-refractivity contribution is -0.119.